The van der Waals surface area contributed by atoms with Crippen LogP contribution in [0, 0.1) is 6.92 Å². The van der Waals surface area contributed by atoms with E-state index in [0.29, 0.717) is 21.3 Å². The summed E-state index contributed by atoms with van der Waals surface area (Å²) in [6.07, 6.45) is 1.60. The predicted molar refractivity (Wildman–Crippen MR) is 94.8 cm³/mol. The highest BCUT2D eigenvalue weighted by Crippen LogP contribution is 2.33. The molecule has 0 aliphatic carbocycles. The molecule has 3 aromatic heterocycles. The molecule has 23 heavy (non-hydrogen) atoms. The number of hydrogen-bond donors (Lipinski definition) is 1. The highest BCUT2D eigenvalue weighted by molar-refractivity contribution is 7.23. The summed E-state index contributed by atoms with van der Waals surface area (Å²) in [7, 11) is 1.64. The summed E-state index contributed by atoms with van der Waals surface area (Å²) in [5, 5.41) is 5.25. The largest absolute Gasteiger partial charge is 0.319 e. The molecule has 1 N–H and O–H groups in total. The Morgan fingerprint density at radius 1 is 1.39 bits per heavy atom. The second-order valence-electron chi connectivity index (χ2n) is 4.92. The molecule has 3 aromatic rings. The van der Waals surface area contributed by atoms with Gasteiger partial charge in [-0.05, 0) is 24.6 Å². The van der Waals surface area contributed by atoms with Gasteiger partial charge in [0.25, 0.3) is 11.5 Å². The second-order valence-corrected chi connectivity index (χ2v) is 7.49. The minimum Gasteiger partial charge on any atom is -0.319 e. The normalized spacial score (nSPS) is 10.7. The van der Waals surface area contributed by atoms with Crippen molar-refractivity contribution >= 4 is 45.9 Å². The SMILES string of the molecule is Cc1cc(=O)n(C)cc1NC(=O)c1csc(-c2ccc(Cl)s2)n1. The van der Waals surface area contributed by atoms with Gasteiger partial charge in [0.15, 0.2) is 0 Å². The van der Waals surface area contributed by atoms with Crippen molar-refractivity contribution < 1.29 is 4.79 Å². The molecule has 8 heteroatoms. The first kappa shape index (κ1) is 15.9. The number of thiazole rings is 1. The van der Waals surface area contributed by atoms with Crippen molar-refractivity contribution in [3.8, 4) is 9.88 Å². The Balaban J connectivity index is 1.83. The molecule has 0 aromatic carbocycles. The highest BCUT2D eigenvalue weighted by Gasteiger charge is 2.14. The molecule has 118 valence electrons. The van der Waals surface area contributed by atoms with Crippen LogP contribution in [0.4, 0.5) is 5.69 Å². The topological polar surface area (TPSA) is 64.0 Å². The van der Waals surface area contributed by atoms with Gasteiger partial charge in [-0.1, -0.05) is 11.6 Å². The van der Waals surface area contributed by atoms with Gasteiger partial charge in [-0.2, -0.15) is 0 Å². The van der Waals surface area contributed by atoms with Gasteiger partial charge >= 0.3 is 0 Å². The van der Waals surface area contributed by atoms with Crippen LogP contribution in [-0.2, 0) is 7.05 Å². The number of aromatic nitrogens is 2. The van der Waals surface area contributed by atoms with Crippen LogP contribution in [0.2, 0.25) is 4.34 Å². The number of thiophene rings is 1. The van der Waals surface area contributed by atoms with E-state index in [1.165, 1.54) is 33.3 Å². The van der Waals surface area contributed by atoms with Crippen LogP contribution in [0.1, 0.15) is 16.1 Å². The Labute approximate surface area is 145 Å². The van der Waals surface area contributed by atoms with E-state index in [0.717, 1.165) is 9.88 Å². The first-order valence-electron chi connectivity index (χ1n) is 6.64. The number of nitrogens with zero attached hydrogens (tertiary/aromatic N) is 2. The van der Waals surface area contributed by atoms with E-state index >= 15 is 0 Å². The molecule has 3 heterocycles. The van der Waals surface area contributed by atoms with Crippen molar-refractivity contribution in [2.75, 3.05) is 5.32 Å². The number of aryl methyl sites for hydroxylation is 2. The molecule has 0 aliphatic rings. The monoisotopic (exact) mass is 365 g/mol. The van der Waals surface area contributed by atoms with Crippen molar-refractivity contribution in [2.45, 2.75) is 6.92 Å². The summed E-state index contributed by atoms with van der Waals surface area (Å²) in [5.74, 6) is -0.308. The van der Waals surface area contributed by atoms with Crippen LogP contribution in [0.3, 0.4) is 0 Å². The third kappa shape index (κ3) is 3.36. The van der Waals surface area contributed by atoms with Gasteiger partial charge in [0, 0.05) is 24.7 Å². The maximum atomic E-state index is 12.3. The maximum absolute atomic E-state index is 12.3. The number of hydrogen-bond acceptors (Lipinski definition) is 5. The lowest BCUT2D eigenvalue weighted by atomic mass is 10.2. The molecule has 0 saturated heterocycles. The highest BCUT2D eigenvalue weighted by atomic mass is 35.5. The zero-order chi connectivity index (χ0) is 16.6. The van der Waals surface area contributed by atoms with Crippen molar-refractivity contribution in [3.05, 3.63) is 55.7 Å². The number of anilines is 1. The lowest BCUT2D eigenvalue weighted by molar-refractivity contribution is 0.102. The number of nitrogens with one attached hydrogen (secondary N) is 1. The third-order valence-electron chi connectivity index (χ3n) is 3.20. The molecule has 1 amide bonds. The number of rotatable bonds is 3. The Bertz CT molecular complexity index is 942. The fourth-order valence-electron chi connectivity index (χ4n) is 1.96. The lowest BCUT2D eigenvalue weighted by Crippen LogP contribution is -2.19. The predicted octanol–water partition coefficient (Wildman–Crippen LogP) is 3.78. The van der Waals surface area contributed by atoms with Crippen molar-refractivity contribution in [1.29, 1.82) is 0 Å². The number of pyridine rings is 1. The molecule has 0 bridgehead atoms. The van der Waals surface area contributed by atoms with E-state index in [1.54, 1.807) is 31.6 Å². The third-order valence-corrected chi connectivity index (χ3v) is 5.45. The van der Waals surface area contributed by atoms with E-state index in [9.17, 15) is 9.59 Å². The van der Waals surface area contributed by atoms with Gasteiger partial charge in [0.1, 0.15) is 10.7 Å². The van der Waals surface area contributed by atoms with E-state index < -0.39 is 0 Å². The molecule has 0 radical (unpaired) electrons. The lowest BCUT2D eigenvalue weighted by Gasteiger charge is -2.08. The van der Waals surface area contributed by atoms with Crippen LogP contribution in [-0.4, -0.2) is 15.5 Å². The van der Waals surface area contributed by atoms with Crippen LogP contribution >= 0.6 is 34.3 Å². The summed E-state index contributed by atoms with van der Waals surface area (Å²) < 4.78 is 2.10. The molecule has 0 unspecified atom stereocenters. The van der Waals surface area contributed by atoms with Crippen molar-refractivity contribution in [1.82, 2.24) is 9.55 Å². The Morgan fingerprint density at radius 2 is 2.17 bits per heavy atom. The van der Waals surface area contributed by atoms with Gasteiger partial charge in [-0.25, -0.2) is 4.98 Å². The molecule has 0 spiro atoms. The van der Waals surface area contributed by atoms with Gasteiger partial charge in [0.2, 0.25) is 0 Å². The summed E-state index contributed by atoms with van der Waals surface area (Å²) in [4.78, 5) is 29.2. The fourth-order valence-corrected chi connectivity index (χ4v) is 3.88. The van der Waals surface area contributed by atoms with E-state index in [2.05, 4.69) is 10.3 Å². The first-order chi connectivity index (χ1) is 10.9. The Hall–Kier alpha value is -1.96. The first-order valence-corrected chi connectivity index (χ1v) is 8.71. The number of amides is 1. The van der Waals surface area contributed by atoms with Crippen LogP contribution in [0.25, 0.3) is 9.88 Å². The zero-order valence-electron chi connectivity index (χ0n) is 12.3. The molecule has 5 nitrogen and oxygen atoms in total. The molecule has 3 rings (SSSR count). The van der Waals surface area contributed by atoms with Crippen LogP contribution in [0.15, 0.2) is 34.6 Å². The summed E-state index contributed by atoms with van der Waals surface area (Å²) in [6.45, 7) is 1.77. The molecular weight excluding hydrogens is 354 g/mol. The maximum Gasteiger partial charge on any atom is 0.275 e. The average Bonchev–Trinajstić information content (AvgIpc) is 3.13. The average molecular weight is 366 g/mol. The molecular formula is C15H12ClN3O2S2. The minimum absolute atomic E-state index is 0.119. The molecule has 0 saturated carbocycles. The zero-order valence-corrected chi connectivity index (χ0v) is 14.7. The molecule has 0 fully saturated rings. The van der Waals surface area contributed by atoms with E-state index in [-0.39, 0.29) is 11.5 Å². The van der Waals surface area contributed by atoms with Gasteiger partial charge in [-0.15, -0.1) is 22.7 Å². The molecule has 0 atom stereocenters. The minimum atomic E-state index is -0.308. The number of halogens is 1. The smallest absolute Gasteiger partial charge is 0.275 e. The standard InChI is InChI=1S/C15H12ClN3O2S2/c1-8-5-13(20)19(2)6-9(8)17-14(21)10-7-22-15(18-10)11-3-4-12(16)23-11/h3-7H,1-2H3,(H,17,21). The van der Waals surface area contributed by atoms with Crippen molar-refractivity contribution in [3.63, 3.8) is 0 Å². The van der Waals surface area contributed by atoms with Crippen LogP contribution in [0.5, 0.6) is 0 Å². The summed E-state index contributed by atoms with van der Waals surface area (Å²) in [5.41, 5.74) is 1.52. The summed E-state index contributed by atoms with van der Waals surface area (Å²) >= 11 is 8.73. The Kier molecular flexibility index (Phi) is 4.34. The van der Waals surface area contributed by atoms with Crippen molar-refractivity contribution in [2.24, 2.45) is 7.05 Å². The van der Waals surface area contributed by atoms with Crippen LogP contribution < -0.4 is 10.9 Å². The molecule has 0 aliphatic heterocycles. The summed E-state index contributed by atoms with van der Waals surface area (Å²) in [6, 6.07) is 5.16. The van der Waals surface area contributed by atoms with Gasteiger partial charge < -0.3 is 9.88 Å². The van der Waals surface area contributed by atoms with E-state index in [1.807, 2.05) is 6.07 Å². The number of carbonyl (C=O) groups is 1. The van der Waals surface area contributed by atoms with E-state index in [4.69, 9.17) is 11.6 Å². The van der Waals surface area contributed by atoms with Gasteiger partial charge in [-0.3, -0.25) is 9.59 Å². The second kappa shape index (κ2) is 6.27. The number of carbonyl (C=O) groups excluding carboxylic acids is 1. The Morgan fingerprint density at radius 3 is 2.87 bits per heavy atom. The fraction of sp³-hybridized carbons (Fsp3) is 0.133. The van der Waals surface area contributed by atoms with Gasteiger partial charge in [0.05, 0.1) is 14.9 Å². The quantitative estimate of drug-likeness (QED) is 0.768.